The van der Waals surface area contributed by atoms with E-state index in [9.17, 15) is 5.11 Å². The maximum Gasteiger partial charge on any atom is 0.138 e. The van der Waals surface area contributed by atoms with Crippen LogP contribution in [0.15, 0.2) is 6.33 Å². The summed E-state index contributed by atoms with van der Waals surface area (Å²) in [7, 11) is 0. The molecule has 1 heterocycles. The van der Waals surface area contributed by atoms with E-state index in [0.717, 1.165) is 38.1 Å². The van der Waals surface area contributed by atoms with Gasteiger partial charge in [-0.3, -0.25) is 0 Å². The van der Waals surface area contributed by atoms with Crippen LogP contribution in [0.5, 0.6) is 0 Å². The van der Waals surface area contributed by atoms with Crippen LogP contribution >= 0.6 is 0 Å². The Kier molecular flexibility index (Phi) is 3.59. The van der Waals surface area contributed by atoms with Crippen LogP contribution in [0.4, 0.5) is 0 Å². The van der Waals surface area contributed by atoms with E-state index in [1.807, 2.05) is 4.68 Å². The van der Waals surface area contributed by atoms with Crippen LogP contribution in [0.3, 0.4) is 0 Å². The molecule has 0 spiro atoms. The van der Waals surface area contributed by atoms with Gasteiger partial charge in [-0.1, -0.05) is 13.8 Å². The molecule has 1 fully saturated rings. The van der Waals surface area contributed by atoms with Crippen molar-refractivity contribution in [3.63, 3.8) is 0 Å². The Balaban J connectivity index is 1.96. The molecule has 0 radical (unpaired) electrons. The first-order chi connectivity index (χ1) is 7.65. The summed E-state index contributed by atoms with van der Waals surface area (Å²) in [5.41, 5.74) is 0. The summed E-state index contributed by atoms with van der Waals surface area (Å²) in [5, 5.41) is 13.8. The van der Waals surface area contributed by atoms with E-state index in [-0.39, 0.29) is 6.10 Å². The third-order valence-electron chi connectivity index (χ3n) is 3.22. The van der Waals surface area contributed by atoms with Gasteiger partial charge in [-0.2, -0.15) is 5.10 Å². The van der Waals surface area contributed by atoms with Gasteiger partial charge in [0.25, 0.3) is 0 Å². The third kappa shape index (κ3) is 2.82. The highest BCUT2D eigenvalue weighted by atomic mass is 16.3. The van der Waals surface area contributed by atoms with E-state index in [1.165, 1.54) is 0 Å². The average Bonchev–Trinajstić information content (AvgIpc) is 2.77. The number of hydrogen-bond acceptors (Lipinski definition) is 3. The molecule has 1 saturated carbocycles. The molecule has 1 aliphatic rings. The second-order valence-corrected chi connectivity index (χ2v) is 5.29. The Morgan fingerprint density at radius 3 is 2.94 bits per heavy atom. The fourth-order valence-electron chi connectivity index (χ4n) is 2.44. The third-order valence-corrected chi connectivity index (χ3v) is 3.22. The number of aromatic nitrogens is 3. The van der Waals surface area contributed by atoms with Crippen molar-refractivity contribution < 1.29 is 5.11 Å². The summed E-state index contributed by atoms with van der Waals surface area (Å²) >= 11 is 0. The molecule has 4 nitrogen and oxygen atoms in total. The number of aliphatic hydroxyl groups excluding tert-OH is 1. The second kappa shape index (κ2) is 4.95. The highest BCUT2D eigenvalue weighted by Crippen LogP contribution is 2.27. The zero-order chi connectivity index (χ0) is 11.5. The van der Waals surface area contributed by atoms with Gasteiger partial charge in [-0.05, 0) is 31.1 Å². The minimum Gasteiger partial charge on any atom is -0.393 e. The number of rotatable bonds is 4. The van der Waals surface area contributed by atoms with Crippen LogP contribution in [0.2, 0.25) is 0 Å². The zero-order valence-electron chi connectivity index (χ0n) is 10.1. The molecule has 2 atom stereocenters. The normalized spacial score (nSPS) is 25.5. The van der Waals surface area contributed by atoms with Crippen LogP contribution in [-0.2, 0) is 13.0 Å². The number of nitrogens with zero attached hydrogens (tertiary/aromatic N) is 3. The van der Waals surface area contributed by atoms with Crippen molar-refractivity contribution in [3.05, 3.63) is 12.2 Å². The molecule has 90 valence electrons. The predicted molar refractivity (Wildman–Crippen MR) is 61.9 cm³/mol. The van der Waals surface area contributed by atoms with Crippen LogP contribution in [-0.4, -0.2) is 26.0 Å². The Labute approximate surface area is 96.7 Å². The van der Waals surface area contributed by atoms with E-state index in [1.54, 1.807) is 6.33 Å². The van der Waals surface area contributed by atoms with E-state index in [0.29, 0.717) is 11.8 Å². The Hall–Kier alpha value is -0.900. The lowest BCUT2D eigenvalue weighted by atomic mass is 10.0. The van der Waals surface area contributed by atoms with Gasteiger partial charge in [-0.25, -0.2) is 9.67 Å². The van der Waals surface area contributed by atoms with Gasteiger partial charge in [-0.15, -0.1) is 0 Å². The molecular weight excluding hydrogens is 202 g/mol. The van der Waals surface area contributed by atoms with Crippen LogP contribution in [0, 0.1) is 11.8 Å². The van der Waals surface area contributed by atoms with Crippen molar-refractivity contribution >= 4 is 0 Å². The average molecular weight is 223 g/mol. The number of hydrogen-bond donors (Lipinski definition) is 1. The highest BCUT2D eigenvalue weighted by molar-refractivity contribution is 4.90. The molecule has 1 aliphatic carbocycles. The van der Waals surface area contributed by atoms with E-state index >= 15 is 0 Å². The minimum absolute atomic E-state index is 0.0912. The smallest absolute Gasteiger partial charge is 0.138 e. The van der Waals surface area contributed by atoms with Crippen molar-refractivity contribution in [2.45, 2.75) is 52.2 Å². The molecule has 2 rings (SSSR count). The highest BCUT2D eigenvalue weighted by Gasteiger charge is 2.24. The van der Waals surface area contributed by atoms with E-state index in [2.05, 4.69) is 23.9 Å². The molecule has 4 heteroatoms. The lowest BCUT2D eigenvalue weighted by Gasteiger charge is -2.11. The standard InChI is InChI=1S/C12H21N3O/c1-9(2)7-15-12(13-8-14-15)6-10-3-4-11(16)5-10/h8-11,16H,3-7H2,1-2H3. The SMILES string of the molecule is CC(C)Cn1ncnc1CC1CCC(O)C1. The molecule has 16 heavy (non-hydrogen) atoms. The molecule has 1 N–H and O–H groups in total. The summed E-state index contributed by atoms with van der Waals surface area (Å²) in [6.07, 6.45) is 5.51. The monoisotopic (exact) mass is 223 g/mol. The Morgan fingerprint density at radius 2 is 2.31 bits per heavy atom. The zero-order valence-corrected chi connectivity index (χ0v) is 10.1. The summed E-state index contributed by atoms with van der Waals surface area (Å²) in [5.74, 6) is 2.26. The summed E-state index contributed by atoms with van der Waals surface area (Å²) in [6.45, 7) is 5.31. The van der Waals surface area contributed by atoms with Crippen LogP contribution in [0.25, 0.3) is 0 Å². The maximum absolute atomic E-state index is 9.50. The van der Waals surface area contributed by atoms with Gasteiger partial charge in [0, 0.05) is 13.0 Å². The quantitative estimate of drug-likeness (QED) is 0.844. The fraction of sp³-hybridized carbons (Fsp3) is 0.833. The lowest BCUT2D eigenvalue weighted by Crippen LogP contribution is -2.13. The summed E-state index contributed by atoms with van der Waals surface area (Å²) in [6, 6.07) is 0. The first-order valence-corrected chi connectivity index (χ1v) is 6.20. The van der Waals surface area contributed by atoms with Gasteiger partial charge in [0.05, 0.1) is 6.10 Å². The van der Waals surface area contributed by atoms with Crippen molar-refractivity contribution in [3.8, 4) is 0 Å². The molecule has 1 aromatic rings. The lowest BCUT2D eigenvalue weighted by molar-refractivity contribution is 0.177. The van der Waals surface area contributed by atoms with Crippen LogP contribution < -0.4 is 0 Å². The molecule has 0 amide bonds. The van der Waals surface area contributed by atoms with Gasteiger partial charge in [0.15, 0.2) is 0 Å². The van der Waals surface area contributed by atoms with Gasteiger partial charge in [0.2, 0.25) is 0 Å². The van der Waals surface area contributed by atoms with Gasteiger partial charge in [0.1, 0.15) is 12.2 Å². The molecule has 0 aliphatic heterocycles. The minimum atomic E-state index is -0.0912. The maximum atomic E-state index is 9.50. The fourth-order valence-corrected chi connectivity index (χ4v) is 2.44. The Bertz CT molecular complexity index is 335. The molecule has 2 unspecified atom stereocenters. The molecule has 0 aromatic carbocycles. The van der Waals surface area contributed by atoms with Crippen molar-refractivity contribution in [1.29, 1.82) is 0 Å². The van der Waals surface area contributed by atoms with Crippen LogP contribution in [0.1, 0.15) is 38.9 Å². The number of aliphatic hydroxyl groups is 1. The van der Waals surface area contributed by atoms with Crippen molar-refractivity contribution in [1.82, 2.24) is 14.8 Å². The first kappa shape index (κ1) is 11.6. The predicted octanol–water partition coefficient (Wildman–Crippen LogP) is 1.64. The van der Waals surface area contributed by atoms with Crippen molar-refractivity contribution in [2.24, 2.45) is 11.8 Å². The van der Waals surface area contributed by atoms with Gasteiger partial charge < -0.3 is 5.11 Å². The first-order valence-electron chi connectivity index (χ1n) is 6.20. The largest absolute Gasteiger partial charge is 0.393 e. The molecule has 0 saturated heterocycles. The summed E-state index contributed by atoms with van der Waals surface area (Å²) < 4.78 is 2.01. The van der Waals surface area contributed by atoms with E-state index in [4.69, 9.17) is 0 Å². The van der Waals surface area contributed by atoms with E-state index < -0.39 is 0 Å². The molecule has 0 bridgehead atoms. The topological polar surface area (TPSA) is 50.9 Å². The molecular formula is C12H21N3O. The second-order valence-electron chi connectivity index (χ2n) is 5.29. The van der Waals surface area contributed by atoms with Gasteiger partial charge >= 0.3 is 0 Å². The molecule has 1 aromatic heterocycles. The summed E-state index contributed by atoms with van der Waals surface area (Å²) in [4.78, 5) is 4.33. The van der Waals surface area contributed by atoms with Crippen molar-refractivity contribution in [2.75, 3.05) is 0 Å². The Morgan fingerprint density at radius 1 is 1.50 bits per heavy atom.